The van der Waals surface area contributed by atoms with E-state index < -0.39 is 10.0 Å². The summed E-state index contributed by atoms with van der Waals surface area (Å²) in [6.45, 7) is 3.39. The van der Waals surface area contributed by atoms with E-state index in [0.717, 1.165) is 19.5 Å². The number of nitrogens with one attached hydrogen (secondary N) is 2. The second kappa shape index (κ2) is 8.55. The molecule has 1 aromatic carbocycles. The summed E-state index contributed by atoms with van der Waals surface area (Å²) in [5.41, 5.74) is 0.472. The minimum Gasteiger partial charge on any atom is -0.352 e. The van der Waals surface area contributed by atoms with Crippen LogP contribution in [0.2, 0.25) is 0 Å². The number of carbonyl (C=O) groups is 2. The summed E-state index contributed by atoms with van der Waals surface area (Å²) in [4.78, 5) is 23.3. The zero-order valence-electron chi connectivity index (χ0n) is 14.6. The average Bonchev–Trinajstić information content (AvgIpc) is 3.07. The first-order valence-electron chi connectivity index (χ1n) is 8.38. The first-order chi connectivity index (χ1) is 11.8. The fraction of sp³-hybridized carbons (Fsp3) is 0.529. The first-order valence-corrected chi connectivity index (χ1v) is 9.82. The smallest absolute Gasteiger partial charge is 0.242 e. The maximum atomic E-state index is 12.5. The molecule has 0 spiro atoms. The van der Waals surface area contributed by atoms with Gasteiger partial charge in [0, 0.05) is 38.2 Å². The number of amides is 1. The maximum absolute atomic E-state index is 12.5. The third kappa shape index (κ3) is 5.35. The van der Waals surface area contributed by atoms with Crippen LogP contribution in [0.25, 0.3) is 0 Å². The Balaban J connectivity index is 1.84. The number of sulfonamides is 1. The molecule has 1 atom stereocenters. The van der Waals surface area contributed by atoms with Gasteiger partial charge in [-0.05, 0) is 38.4 Å². The van der Waals surface area contributed by atoms with Crippen molar-refractivity contribution in [2.45, 2.75) is 37.1 Å². The predicted molar refractivity (Wildman–Crippen MR) is 94.9 cm³/mol. The van der Waals surface area contributed by atoms with Gasteiger partial charge in [0.2, 0.25) is 15.9 Å². The zero-order valence-corrected chi connectivity index (χ0v) is 15.4. The number of carbonyl (C=O) groups excluding carboxylic acids is 2. The molecular weight excluding hydrogens is 342 g/mol. The number of nitrogens with zero attached hydrogens (tertiary/aromatic N) is 1. The summed E-state index contributed by atoms with van der Waals surface area (Å²) >= 11 is 0. The lowest BCUT2D eigenvalue weighted by atomic mass is 10.2. The van der Waals surface area contributed by atoms with E-state index in [9.17, 15) is 18.0 Å². The van der Waals surface area contributed by atoms with Crippen LogP contribution in [0.1, 0.15) is 36.5 Å². The van der Waals surface area contributed by atoms with E-state index in [-0.39, 0.29) is 29.2 Å². The Morgan fingerprint density at radius 1 is 1.28 bits per heavy atom. The van der Waals surface area contributed by atoms with Crippen LogP contribution in [-0.4, -0.2) is 57.1 Å². The van der Waals surface area contributed by atoms with Gasteiger partial charge in [0.05, 0.1) is 4.90 Å². The predicted octanol–water partition coefficient (Wildman–Crippen LogP) is 0.768. The molecule has 0 aliphatic carbocycles. The highest BCUT2D eigenvalue weighted by Gasteiger charge is 2.21. The molecule has 2 rings (SSSR count). The number of hydrogen-bond donors (Lipinski definition) is 2. The van der Waals surface area contributed by atoms with Gasteiger partial charge in [-0.15, -0.1) is 0 Å². The third-order valence-corrected chi connectivity index (χ3v) is 6.14. The quantitative estimate of drug-likeness (QED) is 0.662. The molecule has 0 radical (unpaired) electrons. The Morgan fingerprint density at radius 3 is 2.52 bits per heavy atom. The second-order valence-electron chi connectivity index (χ2n) is 6.27. The summed E-state index contributed by atoms with van der Waals surface area (Å²) in [5, 5.41) is 6.12. The number of Topliss-reactive ketones (excluding diaryl/α,β-unsaturated/α-hetero) is 1. The minimum atomic E-state index is -3.62. The molecule has 1 aromatic rings. The molecule has 0 aromatic heterocycles. The van der Waals surface area contributed by atoms with Crippen LogP contribution in [0.3, 0.4) is 0 Å². The van der Waals surface area contributed by atoms with Crippen molar-refractivity contribution in [3.8, 4) is 0 Å². The molecule has 2 N–H and O–H groups in total. The van der Waals surface area contributed by atoms with E-state index in [4.69, 9.17) is 0 Å². The molecule has 25 heavy (non-hydrogen) atoms. The van der Waals surface area contributed by atoms with Crippen LogP contribution >= 0.6 is 0 Å². The standard InChI is InChI=1S/C17H25N3O4S/c1-13(21)14-5-7-16(8-6-14)25(23,24)20(2)11-3-4-17(22)19-15-9-10-18-12-15/h5-8,15,18H,3-4,9-12H2,1-2H3,(H,19,22). The normalized spacial score (nSPS) is 17.6. The molecule has 1 fully saturated rings. The highest BCUT2D eigenvalue weighted by Crippen LogP contribution is 2.16. The lowest BCUT2D eigenvalue weighted by Crippen LogP contribution is -2.36. The van der Waals surface area contributed by atoms with Gasteiger partial charge in [-0.2, -0.15) is 0 Å². The number of hydrogen-bond acceptors (Lipinski definition) is 5. The van der Waals surface area contributed by atoms with Crippen LogP contribution in [0.4, 0.5) is 0 Å². The van der Waals surface area contributed by atoms with Crippen molar-refractivity contribution >= 4 is 21.7 Å². The van der Waals surface area contributed by atoms with E-state index in [1.54, 1.807) is 0 Å². The molecule has 138 valence electrons. The second-order valence-corrected chi connectivity index (χ2v) is 8.31. The van der Waals surface area contributed by atoms with Crippen LogP contribution in [0, 0.1) is 0 Å². The molecule has 1 aliphatic heterocycles. The van der Waals surface area contributed by atoms with Gasteiger partial charge in [-0.3, -0.25) is 9.59 Å². The third-order valence-electron chi connectivity index (χ3n) is 4.27. The molecule has 0 saturated carbocycles. The average molecular weight is 367 g/mol. The van der Waals surface area contributed by atoms with E-state index in [1.807, 2.05) is 0 Å². The van der Waals surface area contributed by atoms with E-state index >= 15 is 0 Å². The van der Waals surface area contributed by atoms with Crippen molar-refractivity contribution in [1.82, 2.24) is 14.9 Å². The minimum absolute atomic E-state index is 0.0506. The largest absolute Gasteiger partial charge is 0.352 e. The highest BCUT2D eigenvalue weighted by molar-refractivity contribution is 7.89. The molecule has 1 amide bonds. The van der Waals surface area contributed by atoms with Crippen molar-refractivity contribution in [2.24, 2.45) is 0 Å². The van der Waals surface area contributed by atoms with Crippen LogP contribution in [0.5, 0.6) is 0 Å². The molecule has 8 heteroatoms. The molecule has 1 unspecified atom stereocenters. The zero-order chi connectivity index (χ0) is 18.4. The lowest BCUT2D eigenvalue weighted by Gasteiger charge is -2.17. The molecule has 0 bridgehead atoms. The summed E-state index contributed by atoms with van der Waals surface area (Å²) < 4.78 is 26.2. The summed E-state index contributed by atoms with van der Waals surface area (Å²) in [5.74, 6) is -0.161. The van der Waals surface area contributed by atoms with Gasteiger partial charge in [-0.1, -0.05) is 12.1 Å². The van der Waals surface area contributed by atoms with Gasteiger partial charge in [0.1, 0.15) is 0 Å². The van der Waals surface area contributed by atoms with Gasteiger partial charge >= 0.3 is 0 Å². The van der Waals surface area contributed by atoms with Crippen LogP contribution in [0.15, 0.2) is 29.2 Å². The van der Waals surface area contributed by atoms with Gasteiger partial charge in [0.15, 0.2) is 5.78 Å². The van der Waals surface area contributed by atoms with Gasteiger partial charge < -0.3 is 10.6 Å². The van der Waals surface area contributed by atoms with Crippen LogP contribution in [-0.2, 0) is 14.8 Å². The van der Waals surface area contributed by atoms with E-state index in [0.29, 0.717) is 18.4 Å². The maximum Gasteiger partial charge on any atom is 0.242 e. The Kier molecular flexibility index (Phi) is 6.69. The molecule has 1 heterocycles. The van der Waals surface area contributed by atoms with Crippen molar-refractivity contribution in [1.29, 1.82) is 0 Å². The molecule has 1 aliphatic rings. The summed E-state index contributed by atoms with van der Waals surface area (Å²) in [6.07, 6.45) is 1.67. The molecule has 7 nitrogen and oxygen atoms in total. The Labute approximate surface area is 148 Å². The van der Waals surface area contributed by atoms with Crippen LogP contribution < -0.4 is 10.6 Å². The van der Waals surface area contributed by atoms with Crippen molar-refractivity contribution < 1.29 is 18.0 Å². The monoisotopic (exact) mass is 367 g/mol. The van der Waals surface area contributed by atoms with E-state index in [2.05, 4.69) is 10.6 Å². The van der Waals surface area contributed by atoms with Crippen molar-refractivity contribution in [3.63, 3.8) is 0 Å². The lowest BCUT2D eigenvalue weighted by molar-refractivity contribution is -0.121. The summed E-state index contributed by atoms with van der Waals surface area (Å²) in [6, 6.07) is 6.05. The first kappa shape index (κ1) is 19.6. The SMILES string of the molecule is CC(=O)c1ccc(S(=O)(=O)N(C)CCCC(=O)NC2CCNC2)cc1. The Morgan fingerprint density at radius 2 is 1.96 bits per heavy atom. The van der Waals surface area contributed by atoms with Gasteiger partial charge in [0.25, 0.3) is 0 Å². The fourth-order valence-corrected chi connectivity index (χ4v) is 3.91. The van der Waals surface area contributed by atoms with Crippen molar-refractivity contribution in [3.05, 3.63) is 29.8 Å². The Hall–Kier alpha value is -1.77. The van der Waals surface area contributed by atoms with E-state index in [1.165, 1.54) is 42.5 Å². The molecular formula is C17H25N3O4S. The highest BCUT2D eigenvalue weighted by atomic mass is 32.2. The fourth-order valence-electron chi connectivity index (χ4n) is 2.70. The molecule has 1 saturated heterocycles. The number of rotatable bonds is 8. The van der Waals surface area contributed by atoms with Gasteiger partial charge in [-0.25, -0.2) is 12.7 Å². The number of benzene rings is 1. The number of ketones is 1. The topological polar surface area (TPSA) is 95.6 Å². The Bertz CT molecular complexity index is 710. The summed E-state index contributed by atoms with van der Waals surface area (Å²) in [7, 11) is -2.13. The van der Waals surface area contributed by atoms with Crippen molar-refractivity contribution in [2.75, 3.05) is 26.7 Å².